The fourth-order valence-electron chi connectivity index (χ4n) is 3.09. The van der Waals surface area contributed by atoms with Gasteiger partial charge in [0, 0.05) is 32.1 Å². The number of morpholine rings is 1. The van der Waals surface area contributed by atoms with E-state index in [4.69, 9.17) is 4.74 Å². The average molecular weight is 332 g/mol. The van der Waals surface area contributed by atoms with E-state index in [9.17, 15) is 9.59 Å². The van der Waals surface area contributed by atoms with Crippen LogP contribution in [0.2, 0.25) is 0 Å². The number of carbonyl (C=O) groups is 2. The summed E-state index contributed by atoms with van der Waals surface area (Å²) in [7, 11) is 0. The van der Waals surface area contributed by atoms with E-state index in [1.54, 1.807) is 11.1 Å². The molecule has 0 radical (unpaired) electrons. The normalized spacial score (nSPS) is 21.5. The highest BCUT2D eigenvalue weighted by Crippen LogP contribution is 2.22. The zero-order chi connectivity index (χ0) is 17.1. The van der Waals surface area contributed by atoms with Crippen LogP contribution in [0.3, 0.4) is 0 Å². The molecule has 3 rings (SSSR count). The molecule has 130 valence electrons. The highest BCUT2D eigenvalue weighted by atomic mass is 16.5. The van der Waals surface area contributed by atoms with E-state index in [0.29, 0.717) is 25.4 Å². The van der Waals surface area contributed by atoms with Crippen molar-refractivity contribution < 1.29 is 14.3 Å². The lowest BCUT2D eigenvalue weighted by Crippen LogP contribution is -2.36. The molecule has 0 aliphatic carbocycles. The van der Waals surface area contributed by atoms with Crippen molar-refractivity contribution in [3.63, 3.8) is 0 Å². The van der Waals surface area contributed by atoms with Gasteiger partial charge in [-0.05, 0) is 26.0 Å². The summed E-state index contributed by atoms with van der Waals surface area (Å²) >= 11 is 0. The molecule has 2 aliphatic rings. The summed E-state index contributed by atoms with van der Waals surface area (Å²) in [5.74, 6) is 0.524. The number of nitrogens with zero attached hydrogens (tertiary/aromatic N) is 3. The van der Waals surface area contributed by atoms with E-state index in [1.807, 2.05) is 26.0 Å². The zero-order valence-corrected chi connectivity index (χ0v) is 14.2. The predicted octanol–water partition coefficient (Wildman–Crippen LogP) is 1.11. The van der Waals surface area contributed by atoms with Crippen LogP contribution in [0, 0.1) is 5.92 Å². The first-order chi connectivity index (χ1) is 11.5. The second kappa shape index (κ2) is 7.17. The fourth-order valence-corrected chi connectivity index (χ4v) is 3.09. The van der Waals surface area contributed by atoms with Gasteiger partial charge >= 0.3 is 0 Å². The molecule has 0 saturated carbocycles. The average Bonchev–Trinajstić information content (AvgIpc) is 2.99. The van der Waals surface area contributed by atoms with Crippen molar-refractivity contribution in [2.45, 2.75) is 26.3 Å². The summed E-state index contributed by atoms with van der Waals surface area (Å²) in [5, 5.41) is 2.87. The third kappa shape index (κ3) is 3.67. The van der Waals surface area contributed by atoms with Crippen LogP contribution in [0.4, 0.5) is 11.5 Å². The molecule has 2 fully saturated rings. The van der Waals surface area contributed by atoms with Crippen molar-refractivity contribution in [2.24, 2.45) is 5.92 Å². The first-order valence-electron chi connectivity index (χ1n) is 8.43. The van der Waals surface area contributed by atoms with E-state index in [2.05, 4.69) is 15.2 Å². The molecular weight excluding hydrogens is 308 g/mol. The lowest BCUT2D eigenvalue weighted by Gasteiger charge is -2.27. The van der Waals surface area contributed by atoms with Crippen molar-refractivity contribution in [1.82, 2.24) is 9.88 Å². The van der Waals surface area contributed by atoms with Gasteiger partial charge in [-0.1, -0.05) is 0 Å². The topological polar surface area (TPSA) is 74.8 Å². The number of anilines is 2. The van der Waals surface area contributed by atoms with Crippen LogP contribution in [0.1, 0.15) is 20.3 Å². The number of hydrogen-bond donors (Lipinski definition) is 1. The van der Waals surface area contributed by atoms with Crippen molar-refractivity contribution >= 4 is 23.3 Å². The van der Waals surface area contributed by atoms with E-state index in [-0.39, 0.29) is 30.2 Å². The quantitative estimate of drug-likeness (QED) is 0.894. The molecule has 1 N–H and O–H groups in total. The summed E-state index contributed by atoms with van der Waals surface area (Å²) in [6, 6.07) is 3.89. The Morgan fingerprint density at radius 2 is 2.08 bits per heavy atom. The van der Waals surface area contributed by atoms with E-state index in [0.717, 1.165) is 18.9 Å². The Morgan fingerprint density at radius 1 is 1.33 bits per heavy atom. The van der Waals surface area contributed by atoms with Crippen LogP contribution in [0.5, 0.6) is 0 Å². The maximum absolute atomic E-state index is 12.4. The van der Waals surface area contributed by atoms with Gasteiger partial charge in [-0.25, -0.2) is 4.98 Å². The largest absolute Gasteiger partial charge is 0.378 e. The first-order valence-corrected chi connectivity index (χ1v) is 8.43. The molecule has 3 heterocycles. The van der Waals surface area contributed by atoms with Gasteiger partial charge in [-0.2, -0.15) is 0 Å². The Bertz CT molecular complexity index is 596. The van der Waals surface area contributed by atoms with E-state index in [1.165, 1.54) is 0 Å². The molecule has 7 heteroatoms. The molecule has 1 aromatic rings. The number of hydrogen-bond acceptors (Lipinski definition) is 5. The Kier molecular flexibility index (Phi) is 4.99. The summed E-state index contributed by atoms with van der Waals surface area (Å²) < 4.78 is 5.33. The van der Waals surface area contributed by atoms with Gasteiger partial charge in [-0.15, -0.1) is 0 Å². The van der Waals surface area contributed by atoms with Crippen LogP contribution in [0.25, 0.3) is 0 Å². The van der Waals surface area contributed by atoms with E-state index < -0.39 is 0 Å². The van der Waals surface area contributed by atoms with Crippen molar-refractivity contribution in [1.29, 1.82) is 0 Å². The standard InChI is InChI=1S/C17H24N4O3/c1-12(2)21-11-13(9-16(21)22)17(23)19-14-3-4-15(18-10-14)20-5-7-24-8-6-20/h3-4,10,12-13H,5-9,11H2,1-2H3,(H,19,23)/t13-/m0/s1. The smallest absolute Gasteiger partial charge is 0.229 e. The second-order valence-corrected chi connectivity index (χ2v) is 6.53. The highest BCUT2D eigenvalue weighted by molar-refractivity contribution is 5.97. The molecule has 2 saturated heterocycles. The highest BCUT2D eigenvalue weighted by Gasteiger charge is 2.35. The van der Waals surface area contributed by atoms with Crippen LogP contribution < -0.4 is 10.2 Å². The number of ether oxygens (including phenoxy) is 1. The summed E-state index contributed by atoms with van der Waals surface area (Å²) in [6.45, 7) is 7.49. The van der Waals surface area contributed by atoms with Crippen LogP contribution >= 0.6 is 0 Å². The number of aromatic nitrogens is 1. The SMILES string of the molecule is CC(C)N1C[C@@H](C(=O)Nc2ccc(N3CCOCC3)nc2)CC1=O. The van der Waals surface area contributed by atoms with Gasteiger partial charge in [0.2, 0.25) is 11.8 Å². The lowest BCUT2D eigenvalue weighted by atomic mass is 10.1. The van der Waals surface area contributed by atoms with E-state index >= 15 is 0 Å². The molecule has 0 bridgehead atoms. The number of nitrogens with one attached hydrogen (secondary N) is 1. The van der Waals surface area contributed by atoms with Gasteiger partial charge in [0.05, 0.1) is 31.0 Å². The summed E-state index contributed by atoms with van der Waals surface area (Å²) in [6.07, 6.45) is 1.95. The van der Waals surface area contributed by atoms with Gasteiger partial charge in [0.1, 0.15) is 5.82 Å². The third-order valence-electron chi connectivity index (χ3n) is 4.50. The molecule has 0 aromatic carbocycles. The monoisotopic (exact) mass is 332 g/mol. The third-order valence-corrected chi connectivity index (χ3v) is 4.50. The molecule has 2 amide bonds. The number of likely N-dealkylation sites (tertiary alicyclic amines) is 1. The maximum Gasteiger partial charge on any atom is 0.229 e. The molecule has 7 nitrogen and oxygen atoms in total. The first kappa shape index (κ1) is 16.7. The molecule has 0 spiro atoms. The number of carbonyl (C=O) groups excluding carboxylic acids is 2. The van der Waals surface area contributed by atoms with Gasteiger partial charge in [0.15, 0.2) is 0 Å². The molecule has 24 heavy (non-hydrogen) atoms. The Hall–Kier alpha value is -2.15. The molecule has 1 atom stereocenters. The predicted molar refractivity (Wildman–Crippen MR) is 90.9 cm³/mol. The number of rotatable bonds is 4. The molecular formula is C17H24N4O3. The van der Waals surface area contributed by atoms with Crippen molar-refractivity contribution in [2.75, 3.05) is 43.1 Å². The minimum absolute atomic E-state index is 0.0472. The Labute approximate surface area is 142 Å². The second-order valence-electron chi connectivity index (χ2n) is 6.53. The van der Waals surface area contributed by atoms with Gasteiger partial charge < -0.3 is 19.9 Å². The summed E-state index contributed by atoms with van der Waals surface area (Å²) in [4.78, 5) is 32.6. The van der Waals surface area contributed by atoms with Gasteiger partial charge in [0.25, 0.3) is 0 Å². The van der Waals surface area contributed by atoms with Crippen LogP contribution in [-0.4, -0.2) is 60.6 Å². The number of pyridine rings is 1. The zero-order valence-electron chi connectivity index (χ0n) is 14.2. The fraction of sp³-hybridized carbons (Fsp3) is 0.588. The maximum atomic E-state index is 12.4. The Balaban J connectivity index is 1.58. The lowest BCUT2D eigenvalue weighted by molar-refractivity contribution is -0.129. The molecule has 0 unspecified atom stereocenters. The van der Waals surface area contributed by atoms with Crippen LogP contribution in [-0.2, 0) is 14.3 Å². The van der Waals surface area contributed by atoms with Crippen molar-refractivity contribution in [3.8, 4) is 0 Å². The van der Waals surface area contributed by atoms with Crippen molar-refractivity contribution in [3.05, 3.63) is 18.3 Å². The summed E-state index contributed by atoms with van der Waals surface area (Å²) in [5.41, 5.74) is 0.660. The molecule has 1 aromatic heterocycles. The van der Waals surface area contributed by atoms with Crippen LogP contribution in [0.15, 0.2) is 18.3 Å². The van der Waals surface area contributed by atoms with Gasteiger partial charge in [-0.3, -0.25) is 9.59 Å². The minimum atomic E-state index is -0.293. The number of amides is 2. The Morgan fingerprint density at radius 3 is 2.67 bits per heavy atom. The molecule has 2 aliphatic heterocycles. The minimum Gasteiger partial charge on any atom is -0.378 e.